The zero-order valence-corrected chi connectivity index (χ0v) is 8.57. The highest BCUT2D eigenvalue weighted by Crippen LogP contribution is 2.49. The van der Waals surface area contributed by atoms with E-state index in [2.05, 4.69) is 11.4 Å². The Kier molecular flexibility index (Phi) is 1.83. The van der Waals surface area contributed by atoms with Crippen LogP contribution < -0.4 is 5.32 Å². The summed E-state index contributed by atoms with van der Waals surface area (Å²) in [5.41, 5.74) is 2.17. The summed E-state index contributed by atoms with van der Waals surface area (Å²) in [5.74, 6) is 0.525. The first-order valence-electron chi connectivity index (χ1n) is 5.24. The lowest BCUT2D eigenvalue weighted by molar-refractivity contribution is -0.130. The van der Waals surface area contributed by atoms with E-state index in [9.17, 15) is 4.79 Å². The van der Waals surface area contributed by atoms with Crippen molar-refractivity contribution in [2.75, 3.05) is 12.4 Å². The maximum atomic E-state index is 11.7. The molecule has 0 aromatic heterocycles. The van der Waals surface area contributed by atoms with Gasteiger partial charge in [-0.2, -0.15) is 0 Å². The van der Waals surface area contributed by atoms with Gasteiger partial charge in [0.15, 0.2) is 0 Å². The van der Waals surface area contributed by atoms with Crippen LogP contribution in [0.1, 0.15) is 17.9 Å². The van der Waals surface area contributed by atoms with Crippen molar-refractivity contribution in [3.63, 3.8) is 0 Å². The van der Waals surface area contributed by atoms with Gasteiger partial charge in [-0.3, -0.25) is 4.79 Å². The Morgan fingerprint density at radius 2 is 2.20 bits per heavy atom. The van der Waals surface area contributed by atoms with Crippen molar-refractivity contribution in [1.29, 1.82) is 0 Å². The number of hydrogen-bond donors (Lipinski definition) is 1. The number of carbonyl (C=O) groups excluding carboxylic acids is 1. The fourth-order valence-corrected chi connectivity index (χ4v) is 2.66. The minimum Gasteiger partial charge on any atom is -0.381 e. The minimum absolute atomic E-state index is 0.116. The lowest BCUT2D eigenvalue weighted by Gasteiger charge is -2.46. The molecule has 1 N–H and O–H groups in total. The number of amides is 1. The lowest BCUT2D eigenvalue weighted by Crippen LogP contribution is -2.49. The molecular formula is C12H13NO2. The van der Waals surface area contributed by atoms with E-state index in [1.807, 2.05) is 18.2 Å². The molecule has 3 atom stereocenters. The number of ether oxygens (including phenoxy) is 1. The molecule has 3 rings (SSSR count). The Bertz CT molecular complexity index is 416. The Morgan fingerprint density at radius 1 is 1.40 bits per heavy atom. The third-order valence-electron chi connectivity index (χ3n) is 3.54. The monoisotopic (exact) mass is 203 g/mol. The van der Waals surface area contributed by atoms with Gasteiger partial charge in [0.2, 0.25) is 5.91 Å². The van der Waals surface area contributed by atoms with Crippen LogP contribution in [-0.4, -0.2) is 19.1 Å². The fraction of sp³-hybridized carbons (Fsp3) is 0.417. The molecule has 3 nitrogen and oxygen atoms in total. The molecule has 1 saturated carbocycles. The number of methoxy groups -OCH3 is 1. The zero-order chi connectivity index (χ0) is 10.4. The molecule has 1 aromatic carbocycles. The van der Waals surface area contributed by atoms with Gasteiger partial charge in [-0.15, -0.1) is 0 Å². The summed E-state index contributed by atoms with van der Waals surface area (Å²) in [5, 5.41) is 2.94. The van der Waals surface area contributed by atoms with E-state index in [0.717, 1.165) is 12.1 Å². The first kappa shape index (κ1) is 8.92. The van der Waals surface area contributed by atoms with Gasteiger partial charge in [0.25, 0.3) is 0 Å². The smallest absolute Gasteiger partial charge is 0.228 e. The summed E-state index contributed by atoms with van der Waals surface area (Å²) in [7, 11) is 1.72. The Morgan fingerprint density at radius 3 is 3.00 bits per heavy atom. The number of fused-ring (bicyclic) bond motifs is 3. The number of carbonyl (C=O) groups is 1. The predicted octanol–water partition coefficient (Wildman–Crippen LogP) is 1.76. The summed E-state index contributed by atoms with van der Waals surface area (Å²) >= 11 is 0. The quantitative estimate of drug-likeness (QED) is 0.755. The second kappa shape index (κ2) is 3.07. The van der Waals surface area contributed by atoms with Crippen molar-refractivity contribution in [3.05, 3.63) is 29.8 Å². The molecule has 0 radical (unpaired) electrons. The highest BCUT2D eigenvalue weighted by atomic mass is 16.5. The van der Waals surface area contributed by atoms with Crippen LogP contribution in [0.15, 0.2) is 24.3 Å². The van der Waals surface area contributed by atoms with E-state index in [1.165, 1.54) is 5.56 Å². The average molecular weight is 203 g/mol. The standard InChI is InChI=1S/C12H13NO2/c1-15-10-6-8-11(10)7-4-2-3-5-9(7)13-12(8)14/h2-5,8,10-11H,6H2,1H3,(H,13,14)/t8-,10+,11-/m0/s1. The third kappa shape index (κ3) is 1.13. The molecule has 0 saturated heterocycles. The van der Waals surface area contributed by atoms with Crippen molar-refractivity contribution in [1.82, 2.24) is 0 Å². The molecule has 1 aromatic rings. The van der Waals surface area contributed by atoms with Crippen LogP contribution in [0, 0.1) is 5.92 Å². The molecule has 78 valence electrons. The molecule has 1 aliphatic heterocycles. The molecule has 1 aliphatic carbocycles. The number of benzene rings is 1. The number of para-hydroxylation sites is 1. The lowest BCUT2D eigenvalue weighted by atomic mass is 9.65. The molecule has 0 bridgehead atoms. The van der Waals surface area contributed by atoms with Crippen molar-refractivity contribution in [2.45, 2.75) is 18.4 Å². The Hall–Kier alpha value is -1.35. The van der Waals surface area contributed by atoms with E-state index < -0.39 is 0 Å². The molecule has 15 heavy (non-hydrogen) atoms. The topological polar surface area (TPSA) is 38.3 Å². The molecular weight excluding hydrogens is 190 g/mol. The molecule has 0 unspecified atom stereocenters. The van der Waals surface area contributed by atoms with Gasteiger partial charge in [-0.25, -0.2) is 0 Å². The molecule has 1 fully saturated rings. The Balaban J connectivity index is 2.04. The molecule has 2 aliphatic rings. The number of anilines is 1. The largest absolute Gasteiger partial charge is 0.381 e. The van der Waals surface area contributed by atoms with E-state index in [0.29, 0.717) is 0 Å². The number of hydrogen-bond acceptors (Lipinski definition) is 2. The van der Waals surface area contributed by atoms with E-state index >= 15 is 0 Å². The van der Waals surface area contributed by atoms with Crippen LogP contribution in [-0.2, 0) is 9.53 Å². The van der Waals surface area contributed by atoms with Crippen molar-refractivity contribution >= 4 is 11.6 Å². The van der Waals surface area contributed by atoms with Crippen LogP contribution >= 0.6 is 0 Å². The fourth-order valence-electron chi connectivity index (χ4n) is 2.66. The van der Waals surface area contributed by atoms with Crippen LogP contribution in [0.2, 0.25) is 0 Å². The van der Waals surface area contributed by atoms with Gasteiger partial charge in [0, 0.05) is 18.7 Å². The maximum Gasteiger partial charge on any atom is 0.228 e. The van der Waals surface area contributed by atoms with E-state index in [-0.39, 0.29) is 23.8 Å². The van der Waals surface area contributed by atoms with Gasteiger partial charge >= 0.3 is 0 Å². The molecule has 3 heteroatoms. The first-order valence-corrected chi connectivity index (χ1v) is 5.24. The molecule has 1 amide bonds. The highest BCUT2D eigenvalue weighted by molar-refractivity contribution is 5.97. The van der Waals surface area contributed by atoms with Gasteiger partial charge in [-0.1, -0.05) is 18.2 Å². The predicted molar refractivity (Wildman–Crippen MR) is 56.7 cm³/mol. The Labute approximate surface area is 88.4 Å². The molecule has 1 heterocycles. The van der Waals surface area contributed by atoms with Crippen molar-refractivity contribution in [2.24, 2.45) is 5.92 Å². The van der Waals surface area contributed by atoms with Crippen molar-refractivity contribution < 1.29 is 9.53 Å². The summed E-state index contributed by atoms with van der Waals surface area (Å²) < 4.78 is 5.38. The normalized spacial score (nSPS) is 32.3. The van der Waals surface area contributed by atoms with Crippen LogP contribution in [0.3, 0.4) is 0 Å². The SMILES string of the molecule is CO[C@@H]1C[C@@H]2C(=O)Nc3ccccc3[C@@H]21. The number of nitrogens with one attached hydrogen (secondary N) is 1. The second-order valence-electron chi connectivity index (χ2n) is 4.22. The third-order valence-corrected chi connectivity index (χ3v) is 3.54. The molecule has 0 spiro atoms. The maximum absolute atomic E-state index is 11.7. The van der Waals surface area contributed by atoms with E-state index in [1.54, 1.807) is 7.11 Å². The van der Waals surface area contributed by atoms with Crippen LogP contribution in [0.25, 0.3) is 0 Å². The van der Waals surface area contributed by atoms with Gasteiger partial charge in [0.1, 0.15) is 0 Å². The van der Waals surface area contributed by atoms with Crippen LogP contribution in [0.5, 0.6) is 0 Å². The summed E-state index contributed by atoms with van der Waals surface area (Å²) in [6.45, 7) is 0. The van der Waals surface area contributed by atoms with Gasteiger partial charge in [0.05, 0.1) is 12.0 Å². The van der Waals surface area contributed by atoms with Gasteiger partial charge < -0.3 is 10.1 Å². The van der Waals surface area contributed by atoms with Crippen molar-refractivity contribution in [3.8, 4) is 0 Å². The minimum atomic E-state index is 0.116. The summed E-state index contributed by atoms with van der Waals surface area (Å²) in [6, 6.07) is 7.99. The zero-order valence-electron chi connectivity index (χ0n) is 8.57. The summed E-state index contributed by atoms with van der Waals surface area (Å²) in [6.07, 6.45) is 1.06. The summed E-state index contributed by atoms with van der Waals surface area (Å²) in [4.78, 5) is 11.7. The average Bonchev–Trinajstić information content (AvgIpc) is 2.19. The highest BCUT2D eigenvalue weighted by Gasteiger charge is 2.49. The van der Waals surface area contributed by atoms with Gasteiger partial charge in [-0.05, 0) is 18.1 Å². The van der Waals surface area contributed by atoms with Crippen LogP contribution in [0.4, 0.5) is 5.69 Å². The second-order valence-corrected chi connectivity index (χ2v) is 4.22. The number of rotatable bonds is 1. The first-order chi connectivity index (χ1) is 7.31. The van der Waals surface area contributed by atoms with E-state index in [4.69, 9.17) is 4.74 Å².